The topological polar surface area (TPSA) is 98.6 Å². The Balaban J connectivity index is 0.00000338. The lowest BCUT2D eigenvalue weighted by molar-refractivity contribution is -0.114. The van der Waals surface area contributed by atoms with Crippen LogP contribution >= 0.6 is 35.3 Å². The minimum Gasteiger partial charge on any atom is -0.384 e. The molecule has 4 N–H and O–H groups in total. The molecule has 26 heavy (non-hydrogen) atoms. The summed E-state index contributed by atoms with van der Waals surface area (Å²) in [5.41, 5.74) is 0.449. The van der Waals surface area contributed by atoms with E-state index in [0.717, 1.165) is 5.56 Å². The van der Waals surface area contributed by atoms with Gasteiger partial charge >= 0.3 is 0 Å². The summed E-state index contributed by atoms with van der Waals surface area (Å²) in [5, 5.41) is 23.2. The fraction of sp³-hybridized carbons (Fsp3) is 0.353. The summed E-state index contributed by atoms with van der Waals surface area (Å²) in [5.74, 6) is 0.231. The number of halogens is 1. The van der Waals surface area contributed by atoms with Crippen molar-refractivity contribution in [2.45, 2.75) is 19.4 Å². The van der Waals surface area contributed by atoms with Gasteiger partial charge in [0, 0.05) is 12.7 Å². The van der Waals surface area contributed by atoms with Crippen LogP contribution < -0.4 is 16.0 Å². The van der Waals surface area contributed by atoms with Crippen LogP contribution in [-0.2, 0) is 10.4 Å². The van der Waals surface area contributed by atoms with Gasteiger partial charge in [0.25, 0.3) is 0 Å². The average Bonchev–Trinajstić information content (AvgIpc) is 3.14. The normalized spacial score (nSPS) is 13.3. The van der Waals surface area contributed by atoms with Crippen LogP contribution in [0.3, 0.4) is 0 Å². The van der Waals surface area contributed by atoms with Crippen LogP contribution in [0.15, 0.2) is 46.3 Å². The summed E-state index contributed by atoms with van der Waals surface area (Å²) in [6, 6.07) is 5.39. The zero-order valence-electron chi connectivity index (χ0n) is 14.7. The lowest BCUT2D eigenvalue weighted by Gasteiger charge is -2.24. The first kappa shape index (κ1) is 22.3. The standard InChI is InChI=1S/C17H23N5O2S.HI/c1-3-19-16(21-12-17(2,24)13-6-8-25-11-13)20-10-15(23)22-14-5-4-7-18-9-14;/h4-9,11,24H,3,10,12H2,1-2H3,(H,22,23)(H2,19,20,21);1H. The number of carbonyl (C=O) groups excluding carboxylic acids is 1. The third-order valence-electron chi connectivity index (χ3n) is 3.41. The summed E-state index contributed by atoms with van der Waals surface area (Å²) < 4.78 is 0. The third kappa shape index (κ3) is 7.26. The fourth-order valence-corrected chi connectivity index (χ4v) is 2.84. The molecule has 2 aromatic heterocycles. The molecule has 7 nitrogen and oxygen atoms in total. The maximum atomic E-state index is 12.0. The predicted molar refractivity (Wildman–Crippen MR) is 116 cm³/mol. The Morgan fingerprint density at radius 3 is 2.81 bits per heavy atom. The zero-order chi connectivity index (χ0) is 18.1. The van der Waals surface area contributed by atoms with Crippen molar-refractivity contribution in [2.75, 3.05) is 25.0 Å². The number of hydrogen-bond donors (Lipinski definition) is 4. The number of rotatable bonds is 7. The van der Waals surface area contributed by atoms with Gasteiger partial charge in [0.1, 0.15) is 12.1 Å². The Morgan fingerprint density at radius 2 is 2.19 bits per heavy atom. The van der Waals surface area contributed by atoms with Crippen molar-refractivity contribution in [1.29, 1.82) is 0 Å². The van der Waals surface area contributed by atoms with E-state index in [1.165, 1.54) is 11.3 Å². The summed E-state index contributed by atoms with van der Waals surface area (Å²) in [6.07, 6.45) is 3.21. The predicted octanol–water partition coefficient (Wildman–Crippen LogP) is 2.16. The molecule has 0 radical (unpaired) electrons. The lowest BCUT2D eigenvalue weighted by atomic mass is 9.99. The maximum Gasteiger partial charge on any atom is 0.246 e. The summed E-state index contributed by atoms with van der Waals surface area (Å²) in [7, 11) is 0. The van der Waals surface area contributed by atoms with Crippen molar-refractivity contribution in [3.05, 3.63) is 46.9 Å². The van der Waals surface area contributed by atoms with Gasteiger partial charge < -0.3 is 21.1 Å². The van der Waals surface area contributed by atoms with Gasteiger partial charge in [0.2, 0.25) is 5.91 Å². The highest BCUT2D eigenvalue weighted by Gasteiger charge is 2.23. The average molecular weight is 489 g/mol. The van der Waals surface area contributed by atoms with E-state index in [9.17, 15) is 9.90 Å². The monoisotopic (exact) mass is 489 g/mol. The van der Waals surface area contributed by atoms with Crippen LogP contribution in [0.25, 0.3) is 0 Å². The van der Waals surface area contributed by atoms with Gasteiger partial charge in [-0.2, -0.15) is 11.3 Å². The minimum absolute atomic E-state index is 0. The zero-order valence-corrected chi connectivity index (χ0v) is 17.9. The number of aromatic nitrogens is 1. The first-order chi connectivity index (χ1) is 12.0. The quantitative estimate of drug-likeness (QED) is 0.272. The summed E-state index contributed by atoms with van der Waals surface area (Å²) in [4.78, 5) is 20.1. The molecule has 1 atom stereocenters. The van der Waals surface area contributed by atoms with Gasteiger partial charge in [-0.25, -0.2) is 4.99 Å². The molecule has 2 aromatic rings. The highest BCUT2D eigenvalue weighted by molar-refractivity contribution is 14.0. The number of carbonyl (C=O) groups is 1. The molecule has 2 heterocycles. The number of anilines is 1. The molecule has 0 spiro atoms. The van der Waals surface area contributed by atoms with E-state index < -0.39 is 5.60 Å². The molecular formula is C17H24IN5O2S. The molecule has 0 saturated carbocycles. The Hall–Kier alpha value is -1.72. The smallest absolute Gasteiger partial charge is 0.246 e. The van der Waals surface area contributed by atoms with E-state index in [2.05, 4.69) is 25.9 Å². The van der Waals surface area contributed by atoms with E-state index in [-0.39, 0.29) is 43.0 Å². The molecule has 0 aromatic carbocycles. The molecule has 9 heteroatoms. The number of nitrogens with zero attached hydrogens (tertiary/aromatic N) is 2. The Kier molecular flexibility index (Phi) is 9.52. The van der Waals surface area contributed by atoms with Crippen LogP contribution in [0.5, 0.6) is 0 Å². The number of nitrogens with one attached hydrogen (secondary N) is 3. The molecule has 0 aliphatic rings. The van der Waals surface area contributed by atoms with Crippen molar-refractivity contribution in [1.82, 2.24) is 15.6 Å². The van der Waals surface area contributed by atoms with Crippen molar-refractivity contribution >= 4 is 52.9 Å². The van der Waals surface area contributed by atoms with Crippen LogP contribution in [0, 0.1) is 0 Å². The lowest BCUT2D eigenvalue weighted by Crippen LogP contribution is -2.44. The van der Waals surface area contributed by atoms with Crippen molar-refractivity contribution in [3.8, 4) is 0 Å². The van der Waals surface area contributed by atoms with Gasteiger partial charge in [0.05, 0.1) is 18.4 Å². The Labute approximate surface area is 174 Å². The Bertz CT molecular complexity index is 692. The van der Waals surface area contributed by atoms with Gasteiger partial charge in [-0.05, 0) is 48.4 Å². The van der Waals surface area contributed by atoms with E-state index in [1.807, 2.05) is 23.8 Å². The molecule has 0 bridgehead atoms. The molecule has 1 unspecified atom stereocenters. The van der Waals surface area contributed by atoms with E-state index in [4.69, 9.17) is 0 Å². The van der Waals surface area contributed by atoms with E-state index in [0.29, 0.717) is 18.2 Å². The molecular weight excluding hydrogens is 465 g/mol. The third-order valence-corrected chi connectivity index (χ3v) is 4.10. The summed E-state index contributed by atoms with van der Waals surface area (Å²) in [6.45, 7) is 4.56. The summed E-state index contributed by atoms with van der Waals surface area (Å²) >= 11 is 1.53. The number of aliphatic hydroxyl groups is 1. The second-order valence-corrected chi connectivity index (χ2v) is 6.40. The van der Waals surface area contributed by atoms with E-state index in [1.54, 1.807) is 31.5 Å². The van der Waals surface area contributed by atoms with Gasteiger partial charge in [-0.15, -0.1) is 24.0 Å². The minimum atomic E-state index is -1.02. The molecule has 0 saturated heterocycles. The molecule has 142 valence electrons. The highest BCUT2D eigenvalue weighted by atomic mass is 127. The number of hydrogen-bond acceptors (Lipinski definition) is 5. The molecule has 0 aliphatic carbocycles. The molecule has 2 rings (SSSR count). The second-order valence-electron chi connectivity index (χ2n) is 5.62. The van der Waals surface area contributed by atoms with Gasteiger partial charge in [-0.3, -0.25) is 9.78 Å². The second kappa shape index (κ2) is 11.1. The SMILES string of the molecule is CCNC(=NCC(=O)Nc1cccnc1)NCC(C)(O)c1ccsc1.I. The molecule has 0 fully saturated rings. The largest absolute Gasteiger partial charge is 0.384 e. The van der Waals surface area contributed by atoms with Crippen LogP contribution in [-0.4, -0.2) is 41.6 Å². The van der Waals surface area contributed by atoms with Crippen molar-refractivity contribution in [3.63, 3.8) is 0 Å². The van der Waals surface area contributed by atoms with Gasteiger partial charge in [-0.1, -0.05) is 0 Å². The maximum absolute atomic E-state index is 12.0. The first-order valence-corrected chi connectivity index (χ1v) is 8.92. The Morgan fingerprint density at radius 1 is 1.38 bits per heavy atom. The van der Waals surface area contributed by atoms with Crippen molar-refractivity contribution < 1.29 is 9.90 Å². The number of pyridine rings is 1. The van der Waals surface area contributed by atoms with Gasteiger partial charge in [0.15, 0.2) is 5.96 Å². The van der Waals surface area contributed by atoms with E-state index >= 15 is 0 Å². The van der Waals surface area contributed by atoms with Crippen LogP contribution in [0.4, 0.5) is 5.69 Å². The molecule has 1 amide bonds. The number of thiophene rings is 1. The van der Waals surface area contributed by atoms with Crippen molar-refractivity contribution in [2.24, 2.45) is 4.99 Å². The molecule has 0 aliphatic heterocycles. The van der Waals surface area contributed by atoms with Crippen LogP contribution in [0.2, 0.25) is 0 Å². The fourth-order valence-electron chi connectivity index (χ4n) is 2.06. The number of guanidine groups is 1. The van der Waals surface area contributed by atoms with Crippen LogP contribution in [0.1, 0.15) is 19.4 Å². The number of aliphatic imine (C=N–C) groups is 1. The number of amides is 1. The highest BCUT2D eigenvalue weighted by Crippen LogP contribution is 2.21. The first-order valence-electron chi connectivity index (χ1n) is 7.98.